The molecule has 0 saturated heterocycles. The van der Waals surface area contributed by atoms with Crippen LogP contribution in [0.15, 0.2) is 30.5 Å². The first-order valence-electron chi connectivity index (χ1n) is 5.76. The Kier molecular flexibility index (Phi) is 4.71. The van der Waals surface area contributed by atoms with Crippen molar-refractivity contribution in [1.29, 1.82) is 0 Å². The van der Waals surface area contributed by atoms with E-state index in [-0.39, 0.29) is 12.5 Å². The predicted octanol–water partition coefficient (Wildman–Crippen LogP) is 1.61. The molecule has 1 heterocycles. The maximum atomic E-state index is 12.2. The molecule has 5 heteroatoms. The van der Waals surface area contributed by atoms with Crippen molar-refractivity contribution in [3.05, 3.63) is 36.2 Å². The summed E-state index contributed by atoms with van der Waals surface area (Å²) in [6.45, 7) is 8.35. The number of rotatable bonds is 6. The minimum Gasteiger partial charge on any atom is -0.480 e. The van der Waals surface area contributed by atoms with Crippen LogP contribution in [0.3, 0.4) is 0 Å². The highest BCUT2D eigenvalue weighted by molar-refractivity contribution is 5.93. The van der Waals surface area contributed by atoms with Crippen LogP contribution in [0.2, 0.25) is 0 Å². The highest BCUT2D eigenvalue weighted by Gasteiger charge is 2.18. The molecule has 1 N–H and O–H groups in total. The van der Waals surface area contributed by atoms with Crippen LogP contribution in [-0.4, -0.2) is 39.5 Å². The second-order valence-electron chi connectivity index (χ2n) is 4.19. The molecule has 98 valence electrons. The Balaban J connectivity index is 2.91. The van der Waals surface area contributed by atoms with Gasteiger partial charge in [-0.2, -0.15) is 0 Å². The lowest BCUT2D eigenvalue weighted by Gasteiger charge is -2.21. The topological polar surface area (TPSA) is 62.5 Å². The summed E-state index contributed by atoms with van der Waals surface area (Å²) in [7, 11) is 0. The fraction of sp³-hybridized carbons (Fsp3) is 0.385. The third kappa shape index (κ3) is 3.48. The number of amides is 1. The Morgan fingerprint density at radius 2 is 2.17 bits per heavy atom. The third-order valence-electron chi connectivity index (χ3n) is 2.48. The molecule has 0 aliphatic rings. The van der Waals surface area contributed by atoms with Crippen LogP contribution in [0.4, 0.5) is 0 Å². The van der Waals surface area contributed by atoms with Gasteiger partial charge in [-0.15, -0.1) is 0 Å². The zero-order valence-corrected chi connectivity index (χ0v) is 10.7. The van der Waals surface area contributed by atoms with Crippen molar-refractivity contribution in [2.75, 3.05) is 13.1 Å². The summed E-state index contributed by atoms with van der Waals surface area (Å²) in [4.78, 5) is 24.6. The van der Waals surface area contributed by atoms with Crippen LogP contribution in [0.5, 0.6) is 0 Å². The van der Waals surface area contributed by atoms with Crippen molar-refractivity contribution in [2.45, 2.75) is 20.4 Å². The summed E-state index contributed by atoms with van der Waals surface area (Å²) in [6, 6.07) is 3.30. The molecule has 0 aromatic carbocycles. The van der Waals surface area contributed by atoms with Crippen LogP contribution in [0.25, 0.3) is 0 Å². The average molecular weight is 250 g/mol. The summed E-state index contributed by atoms with van der Waals surface area (Å²) in [5.41, 5.74) is 1.28. The Hall–Kier alpha value is -2.04. The second-order valence-corrected chi connectivity index (χ2v) is 4.19. The first-order chi connectivity index (χ1) is 8.45. The SMILES string of the molecule is C=C(C)CN(CC)C(=O)c1cccn1CC(=O)O. The van der Waals surface area contributed by atoms with Gasteiger partial charge < -0.3 is 14.6 Å². The molecule has 0 radical (unpaired) electrons. The molecule has 1 aromatic rings. The maximum absolute atomic E-state index is 12.2. The van der Waals surface area contributed by atoms with Gasteiger partial charge in [0.1, 0.15) is 12.2 Å². The van der Waals surface area contributed by atoms with Gasteiger partial charge in [-0.05, 0) is 26.0 Å². The number of nitrogens with zero attached hydrogens (tertiary/aromatic N) is 2. The maximum Gasteiger partial charge on any atom is 0.323 e. The normalized spacial score (nSPS) is 10.1. The minimum absolute atomic E-state index is 0.174. The molecule has 0 unspecified atom stereocenters. The molecule has 0 spiro atoms. The predicted molar refractivity (Wildman–Crippen MR) is 68.5 cm³/mol. The number of likely N-dealkylation sites (N-methyl/N-ethyl adjacent to an activating group) is 1. The van der Waals surface area contributed by atoms with Gasteiger partial charge in [0.2, 0.25) is 0 Å². The van der Waals surface area contributed by atoms with Crippen molar-refractivity contribution in [2.24, 2.45) is 0 Å². The minimum atomic E-state index is -0.969. The van der Waals surface area contributed by atoms with E-state index < -0.39 is 5.97 Å². The average Bonchev–Trinajstić information content (AvgIpc) is 2.71. The largest absolute Gasteiger partial charge is 0.480 e. The first-order valence-corrected chi connectivity index (χ1v) is 5.76. The molecule has 18 heavy (non-hydrogen) atoms. The number of carboxylic acid groups (broad SMARTS) is 1. The fourth-order valence-corrected chi connectivity index (χ4v) is 1.71. The van der Waals surface area contributed by atoms with Gasteiger partial charge in [-0.25, -0.2) is 0 Å². The molecule has 0 aliphatic heterocycles. The molecule has 0 bridgehead atoms. The van der Waals surface area contributed by atoms with Gasteiger partial charge >= 0.3 is 5.97 Å². The Morgan fingerprint density at radius 1 is 1.50 bits per heavy atom. The van der Waals surface area contributed by atoms with Crippen molar-refractivity contribution in [3.8, 4) is 0 Å². The van der Waals surface area contributed by atoms with Gasteiger partial charge in [0, 0.05) is 19.3 Å². The van der Waals surface area contributed by atoms with E-state index >= 15 is 0 Å². The summed E-state index contributed by atoms with van der Waals surface area (Å²) in [6.07, 6.45) is 1.59. The number of carbonyl (C=O) groups is 2. The van der Waals surface area contributed by atoms with Gasteiger partial charge in [-0.3, -0.25) is 9.59 Å². The molecule has 0 aliphatic carbocycles. The Morgan fingerprint density at radius 3 is 2.67 bits per heavy atom. The molecule has 0 fully saturated rings. The summed E-state index contributed by atoms with van der Waals surface area (Å²) >= 11 is 0. The summed E-state index contributed by atoms with van der Waals surface area (Å²) in [5.74, 6) is -1.14. The lowest BCUT2D eigenvalue weighted by molar-refractivity contribution is -0.137. The van der Waals surface area contributed by atoms with E-state index in [1.165, 1.54) is 4.57 Å². The lowest BCUT2D eigenvalue weighted by Crippen LogP contribution is -2.33. The molecule has 1 aromatic heterocycles. The van der Waals surface area contributed by atoms with E-state index in [1.54, 1.807) is 23.2 Å². The number of carbonyl (C=O) groups excluding carboxylic acids is 1. The molecular weight excluding hydrogens is 232 g/mol. The van der Waals surface area contributed by atoms with E-state index in [1.807, 2.05) is 13.8 Å². The number of aliphatic carboxylic acids is 1. The molecule has 1 amide bonds. The molecular formula is C13H18N2O3. The highest BCUT2D eigenvalue weighted by atomic mass is 16.4. The number of carboxylic acids is 1. The number of hydrogen-bond acceptors (Lipinski definition) is 2. The summed E-state index contributed by atoms with van der Waals surface area (Å²) in [5, 5.41) is 8.77. The highest BCUT2D eigenvalue weighted by Crippen LogP contribution is 2.08. The molecule has 0 saturated carbocycles. The van der Waals surface area contributed by atoms with Crippen LogP contribution in [-0.2, 0) is 11.3 Å². The van der Waals surface area contributed by atoms with Crippen molar-refractivity contribution < 1.29 is 14.7 Å². The Labute approximate surface area is 106 Å². The van der Waals surface area contributed by atoms with E-state index in [0.29, 0.717) is 18.8 Å². The van der Waals surface area contributed by atoms with Crippen LogP contribution >= 0.6 is 0 Å². The lowest BCUT2D eigenvalue weighted by atomic mass is 10.3. The Bertz CT molecular complexity index is 463. The van der Waals surface area contributed by atoms with Gasteiger partial charge in [0.25, 0.3) is 5.91 Å². The van der Waals surface area contributed by atoms with E-state index in [2.05, 4.69) is 6.58 Å². The van der Waals surface area contributed by atoms with Crippen molar-refractivity contribution in [3.63, 3.8) is 0 Å². The zero-order chi connectivity index (χ0) is 13.7. The van der Waals surface area contributed by atoms with E-state index in [0.717, 1.165) is 5.57 Å². The fourth-order valence-electron chi connectivity index (χ4n) is 1.71. The summed E-state index contributed by atoms with van der Waals surface area (Å²) < 4.78 is 1.44. The zero-order valence-electron chi connectivity index (χ0n) is 10.7. The standard InChI is InChI=1S/C13H18N2O3/c1-4-14(8-10(2)3)13(18)11-6-5-7-15(11)9-12(16)17/h5-7H,2,4,8-9H2,1,3H3,(H,16,17). The first kappa shape index (κ1) is 14.0. The van der Waals surface area contributed by atoms with Gasteiger partial charge in [0.15, 0.2) is 0 Å². The number of aromatic nitrogens is 1. The van der Waals surface area contributed by atoms with Crippen molar-refractivity contribution in [1.82, 2.24) is 9.47 Å². The van der Waals surface area contributed by atoms with Crippen molar-refractivity contribution >= 4 is 11.9 Å². The van der Waals surface area contributed by atoms with Gasteiger partial charge in [0.05, 0.1) is 0 Å². The molecule has 0 atom stereocenters. The van der Waals surface area contributed by atoms with Crippen LogP contribution < -0.4 is 0 Å². The number of hydrogen-bond donors (Lipinski definition) is 1. The second kappa shape index (κ2) is 6.05. The van der Waals surface area contributed by atoms with Crippen LogP contribution in [0.1, 0.15) is 24.3 Å². The third-order valence-corrected chi connectivity index (χ3v) is 2.48. The quantitative estimate of drug-likeness (QED) is 0.780. The molecule has 5 nitrogen and oxygen atoms in total. The van der Waals surface area contributed by atoms with E-state index in [9.17, 15) is 9.59 Å². The van der Waals surface area contributed by atoms with E-state index in [4.69, 9.17) is 5.11 Å². The smallest absolute Gasteiger partial charge is 0.323 e. The van der Waals surface area contributed by atoms with Crippen LogP contribution in [0, 0.1) is 0 Å². The monoisotopic (exact) mass is 250 g/mol. The molecule has 1 rings (SSSR count). The van der Waals surface area contributed by atoms with Gasteiger partial charge in [-0.1, -0.05) is 12.2 Å².